The molecule has 136 valence electrons. The maximum atomic E-state index is 11.3. The average Bonchev–Trinajstić information content (AvgIpc) is 2.68. The quantitative estimate of drug-likeness (QED) is 0.912. The summed E-state index contributed by atoms with van der Waals surface area (Å²) in [6.45, 7) is 3.20. The van der Waals surface area contributed by atoms with Gasteiger partial charge in [0.05, 0.1) is 0 Å². The first-order valence-electron chi connectivity index (χ1n) is 9.04. The standard InChI is InChI=1S/C20H23N3O3/c21-19(24)16-7-10-23(11-8-16)12-14-3-5-15(6-4-14)18-13-25-17-2-1-9-22-20(17)26-18/h1-6,9,16,18H,7-8,10-13H2,(H2,21,24)/t18-/m0/s1. The van der Waals surface area contributed by atoms with Crippen molar-refractivity contribution in [1.82, 2.24) is 9.88 Å². The number of nitrogens with two attached hydrogens (primary N) is 1. The number of benzene rings is 1. The van der Waals surface area contributed by atoms with Crippen molar-refractivity contribution in [2.24, 2.45) is 11.7 Å². The normalized spacial score (nSPS) is 20.7. The van der Waals surface area contributed by atoms with E-state index in [2.05, 4.69) is 34.1 Å². The molecule has 1 atom stereocenters. The van der Waals surface area contributed by atoms with Crippen LogP contribution in [0, 0.1) is 5.92 Å². The molecular weight excluding hydrogens is 330 g/mol. The number of nitrogens with zero attached hydrogens (tertiary/aromatic N) is 2. The topological polar surface area (TPSA) is 77.7 Å². The van der Waals surface area contributed by atoms with Crippen LogP contribution in [0.25, 0.3) is 0 Å². The summed E-state index contributed by atoms with van der Waals surface area (Å²) in [4.78, 5) is 17.9. The number of ether oxygens (including phenoxy) is 2. The largest absolute Gasteiger partial charge is 0.484 e. The van der Waals surface area contributed by atoms with Crippen molar-refractivity contribution in [1.29, 1.82) is 0 Å². The second-order valence-electron chi connectivity index (χ2n) is 6.92. The smallest absolute Gasteiger partial charge is 0.257 e. The Morgan fingerprint density at radius 3 is 2.69 bits per heavy atom. The SMILES string of the molecule is NC(=O)C1CCN(Cc2ccc([C@@H]3COc4cccnc4O3)cc2)CC1. The number of pyridine rings is 1. The van der Waals surface area contributed by atoms with E-state index in [1.54, 1.807) is 6.20 Å². The van der Waals surface area contributed by atoms with Crippen LogP contribution >= 0.6 is 0 Å². The summed E-state index contributed by atoms with van der Waals surface area (Å²) >= 11 is 0. The van der Waals surface area contributed by atoms with E-state index in [0.29, 0.717) is 18.2 Å². The first-order valence-corrected chi connectivity index (χ1v) is 9.04. The molecule has 3 heterocycles. The molecule has 26 heavy (non-hydrogen) atoms. The first-order chi connectivity index (χ1) is 12.7. The van der Waals surface area contributed by atoms with E-state index in [1.807, 2.05) is 12.1 Å². The van der Waals surface area contributed by atoms with E-state index in [1.165, 1.54) is 5.56 Å². The molecule has 1 aromatic heterocycles. The van der Waals surface area contributed by atoms with Crippen LogP contribution < -0.4 is 15.2 Å². The summed E-state index contributed by atoms with van der Waals surface area (Å²) < 4.78 is 11.7. The number of amides is 1. The molecule has 2 N–H and O–H groups in total. The molecule has 0 radical (unpaired) electrons. The minimum atomic E-state index is -0.167. The van der Waals surface area contributed by atoms with E-state index in [0.717, 1.165) is 38.0 Å². The maximum absolute atomic E-state index is 11.3. The third-order valence-corrected chi connectivity index (χ3v) is 5.13. The Labute approximate surface area is 152 Å². The molecule has 0 spiro atoms. The molecule has 6 nitrogen and oxygen atoms in total. The zero-order valence-corrected chi connectivity index (χ0v) is 14.6. The van der Waals surface area contributed by atoms with Crippen LogP contribution in [0.5, 0.6) is 11.6 Å². The molecule has 4 rings (SSSR count). The highest BCUT2D eigenvalue weighted by Gasteiger charge is 2.24. The average molecular weight is 353 g/mol. The highest BCUT2D eigenvalue weighted by atomic mass is 16.6. The minimum absolute atomic E-state index is 0.0357. The van der Waals surface area contributed by atoms with Crippen LogP contribution in [0.15, 0.2) is 42.6 Å². The molecule has 0 unspecified atom stereocenters. The number of likely N-dealkylation sites (tertiary alicyclic amines) is 1. The molecular formula is C20H23N3O3. The van der Waals surface area contributed by atoms with Gasteiger partial charge in [-0.05, 0) is 49.2 Å². The third kappa shape index (κ3) is 3.65. The number of hydrogen-bond donors (Lipinski definition) is 1. The number of carbonyl (C=O) groups excluding carboxylic acids is 1. The van der Waals surface area contributed by atoms with Gasteiger partial charge in [-0.2, -0.15) is 0 Å². The van der Waals surface area contributed by atoms with E-state index < -0.39 is 0 Å². The number of rotatable bonds is 4. The van der Waals surface area contributed by atoms with Crippen LogP contribution in [0.4, 0.5) is 0 Å². The fraction of sp³-hybridized carbons (Fsp3) is 0.400. The van der Waals surface area contributed by atoms with Crippen molar-refractivity contribution in [3.63, 3.8) is 0 Å². The summed E-state index contributed by atoms with van der Waals surface area (Å²) in [7, 11) is 0. The summed E-state index contributed by atoms with van der Waals surface area (Å²) in [5, 5.41) is 0. The van der Waals surface area contributed by atoms with E-state index >= 15 is 0 Å². The first kappa shape index (κ1) is 16.8. The Kier molecular flexibility index (Phi) is 4.75. The number of piperidine rings is 1. The highest BCUT2D eigenvalue weighted by Crippen LogP contribution is 2.34. The van der Waals surface area contributed by atoms with Crippen molar-refractivity contribution in [3.05, 3.63) is 53.7 Å². The van der Waals surface area contributed by atoms with Crippen LogP contribution in [-0.4, -0.2) is 35.5 Å². The van der Waals surface area contributed by atoms with Crippen molar-refractivity contribution in [2.45, 2.75) is 25.5 Å². The lowest BCUT2D eigenvalue weighted by atomic mass is 9.96. The second-order valence-corrected chi connectivity index (χ2v) is 6.92. The molecule has 1 aromatic carbocycles. The predicted molar refractivity (Wildman–Crippen MR) is 96.7 cm³/mol. The van der Waals surface area contributed by atoms with Crippen molar-refractivity contribution in [3.8, 4) is 11.6 Å². The monoisotopic (exact) mass is 353 g/mol. The lowest BCUT2D eigenvalue weighted by molar-refractivity contribution is -0.123. The Hall–Kier alpha value is -2.60. The van der Waals surface area contributed by atoms with Gasteiger partial charge in [0.2, 0.25) is 5.91 Å². The van der Waals surface area contributed by atoms with Crippen LogP contribution in [0.3, 0.4) is 0 Å². The Morgan fingerprint density at radius 1 is 1.19 bits per heavy atom. The Morgan fingerprint density at radius 2 is 1.96 bits per heavy atom. The number of hydrogen-bond acceptors (Lipinski definition) is 5. The van der Waals surface area contributed by atoms with E-state index in [4.69, 9.17) is 15.2 Å². The zero-order chi connectivity index (χ0) is 17.9. The van der Waals surface area contributed by atoms with Gasteiger partial charge in [0, 0.05) is 18.7 Å². The van der Waals surface area contributed by atoms with Gasteiger partial charge in [-0.25, -0.2) is 4.98 Å². The minimum Gasteiger partial charge on any atom is -0.484 e. The number of primary amides is 1. The summed E-state index contributed by atoms with van der Waals surface area (Å²) in [5.74, 6) is 1.11. The lowest BCUT2D eigenvalue weighted by Crippen LogP contribution is -2.38. The molecule has 1 fully saturated rings. The van der Waals surface area contributed by atoms with E-state index in [9.17, 15) is 4.79 Å². The zero-order valence-electron chi connectivity index (χ0n) is 14.6. The molecule has 1 amide bonds. The predicted octanol–water partition coefficient (Wildman–Crippen LogP) is 2.29. The van der Waals surface area contributed by atoms with Gasteiger partial charge in [0.25, 0.3) is 5.88 Å². The van der Waals surface area contributed by atoms with Crippen LogP contribution in [-0.2, 0) is 11.3 Å². The number of fused-ring (bicyclic) bond motifs is 1. The van der Waals surface area contributed by atoms with Crippen molar-refractivity contribution < 1.29 is 14.3 Å². The van der Waals surface area contributed by atoms with Gasteiger partial charge < -0.3 is 15.2 Å². The highest BCUT2D eigenvalue weighted by molar-refractivity contribution is 5.76. The van der Waals surface area contributed by atoms with E-state index in [-0.39, 0.29) is 17.9 Å². The molecule has 0 saturated carbocycles. The fourth-order valence-electron chi connectivity index (χ4n) is 3.54. The van der Waals surface area contributed by atoms with Gasteiger partial charge in [0.1, 0.15) is 6.61 Å². The van der Waals surface area contributed by atoms with Crippen LogP contribution in [0.1, 0.15) is 30.1 Å². The van der Waals surface area contributed by atoms with Gasteiger partial charge in [0.15, 0.2) is 11.9 Å². The van der Waals surface area contributed by atoms with Gasteiger partial charge in [-0.1, -0.05) is 24.3 Å². The fourth-order valence-corrected chi connectivity index (χ4v) is 3.54. The summed E-state index contributed by atoms with van der Waals surface area (Å²) in [6.07, 6.45) is 3.27. The molecule has 0 aliphatic carbocycles. The molecule has 2 aliphatic rings. The molecule has 1 saturated heterocycles. The number of carbonyl (C=O) groups is 1. The van der Waals surface area contributed by atoms with Gasteiger partial charge in [-0.3, -0.25) is 9.69 Å². The summed E-state index contributed by atoms with van der Waals surface area (Å²) in [5.41, 5.74) is 7.73. The molecule has 6 heteroatoms. The van der Waals surface area contributed by atoms with Gasteiger partial charge >= 0.3 is 0 Å². The van der Waals surface area contributed by atoms with Gasteiger partial charge in [-0.15, -0.1) is 0 Å². The molecule has 0 bridgehead atoms. The second kappa shape index (κ2) is 7.33. The maximum Gasteiger partial charge on any atom is 0.257 e. The summed E-state index contributed by atoms with van der Waals surface area (Å²) in [6, 6.07) is 12.1. The van der Waals surface area contributed by atoms with Crippen molar-refractivity contribution >= 4 is 5.91 Å². The number of aromatic nitrogens is 1. The van der Waals surface area contributed by atoms with Crippen LogP contribution in [0.2, 0.25) is 0 Å². The Balaban J connectivity index is 1.35. The molecule has 2 aromatic rings. The van der Waals surface area contributed by atoms with Crippen molar-refractivity contribution in [2.75, 3.05) is 19.7 Å². The lowest BCUT2D eigenvalue weighted by Gasteiger charge is -2.30. The third-order valence-electron chi connectivity index (χ3n) is 5.13. The molecule has 2 aliphatic heterocycles. The Bertz CT molecular complexity index is 770.